The van der Waals surface area contributed by atoms with E-state index in [0.29, 0.717) is 24.4 Å². The molecule has 1 aliphatic rings. The molecule has 1 fully saturated rings. The Morgan fingerprint density at radius 2 is 1.53 bits per heavy atom. The van der Waals surface area contributed by atoms with E-state index < -0.39 is 24.0 Å². The Labute approximate surface area is 313 Å². The number of carbonyl (C=O) groups is 3. The second-order valence-corrected chi connectivity index (χ2v) is 15.0. The van der Waals surface area contributed by atoms with Crippen molar-refractivity contribution in [1.82, 2.24) is 20.2 Å². The van der Waals surface area contributed by atoms with Gasteiger partial charge in [0.25, 0.3) is 5.91 Å². The smallest absolute Gasteiger partial charge is 0.309 e. The first kappa shape index (κ1) is 39.1. The topological polar surface area (TPSA) is 148 Å². The first-order valence-electron chi connectivity index (χ1n) is 18.8. The first-order chi connectivity index (χ1) is 25.4. The monoisotopic (exact) mass is 719 g/mol. The van der Waals surface area contributed by atoms with Crippen molar-refractivity contribution in [3.8, 4) is 28.3 Å². The van der Waals surface area contributed by atoms with Crippen LogP contribution in [0.5, 0.6) is 5.75 Å². The van der Waals surface area contributed by atoms with Crippen molar-refractivity contribution in [3.05, 3.63) is 102 Å². The summed E-state index contributed by atoms with van der Waals surface area (Å²) in [6, 6.07) is 21.5. The molecule has 0 saturated carbocycles. The normalized spacial score (nSPS) is 16.5. The molecule has 10 heteroatoms. The van der Waals surface area contributed by atoms with Crippen molar-refractivity contribution >= 4 is 17.8 Å². The largest absolute Gasteiger partial charge is 0.494 e. The molecule has 53 heavy (non-hydrogen) atoms. The standard InChI is InChI=1S/C43H53N5O5/c1-5-6-7-8-9-24-53-35-20-16-30(17-21-35)33-26-45-39(46-27-33)31-12-10-29(11-13-31)25-38(41(50)48-23-22-37(44)36(28-48)42(51)52)47-40(49)32-14-18-34(19-15-32)43(2,3)4/h10-21,26-27,36-38H,5-9,22-25,28,44H2,1-4H3,(H,47,49)(H,51,52)/t36-,37-,38-/m0/s1. The van der Waals surface area contributed by atoms with Crippen LogP contribution in [0.4, 0.5) is 0 Å². The molecule has 4 aromatic rings. The minimum Gasteiger partial charge on any atom is -0.494 e. The van der Waals surface area contributed by atoms with Gasteiger partial charge >= 0.3 is 5.97 Å². The van der Waals surface area contributed by atoms with Crippen LogP contribution in [0.1, 0.15) is 87.7 Å². The van der Waals surface area contributed by atoms with Crippen LogP contribution in [0.2, 0.25) is 0 Å². The van der Waals surface area contributed by atoms with E-state index in [-0.39, 0.29) is 30.2 Å². The highest BCUT2D eigenvalue weighted by atomic mass is 16.5. The van der Waals surface area contributed by atoms with Crippen molar-refractivity contribution in [3.63, 3.8) is 0 Å². The van der Waals surface area contributed by atoms with Gasteiger partial charge in [-0.3, -0.25) is 14.4 Å². The summed E-state index contributed by atoms with van der Waals surface area (Å²) in [5.74, 6) is -1.21. The fourth-order valence-corrected chi connectivity index (χ4v) is 6.51. The molecule has 280 valence electrons. The highest BCUT2D eigenvalue weighted by Crippen LogP contribution is 2.25. The number of hydrogen-bond donors (Lipinski definition) is 3. The lowest BCUT2D eigenvalue weighted by atomic mass is 9.86. The van der Waals surface area contributed by atoms with Crippen molar-refractivity contribution in [2.45, 2.75) is 90.1 Å². The molecule has 10 nitrogen and oxygen atoms in total. The molecule has 0 spiro atoms. The summed E-state index contributed by atoms with van der Waals surface area (Å²) in [7, 11) is 0. The number of nitrogens with two attached hydrogens (primary N) is 1. The molecule has 4 N–H and O–H groups in total. The van der Waals surface area contributed by atoms with Crippen molar-refractivity contribution in [2.75, 3.05) is 19.7 Å². The van der Waals surface area contributed by atoms with Gasteiger partial charge in [-0.25, -0.2) is 9.97 Å². The number of nitrogens with one attached hydrogen (secondary N) is 1. The summed E-state index contributed by atoms with van der Waals surface area (Å²) >= 11 is 0. The zero-order valence-corrected chi connectivity index (χ0v) is 31.4. The number of piperidine rings is 1. The van der Waals surface area contributed by atoms with Gasteiger partial charge in [-0.15, -0.1) is 0 Å². The molecule has 3 atom stereocenters. The summed E-state index contributed by atoms with van der Waals surface area (Å²) in [5.41, 5.74) is 11.0. The van der Waals surface area contributed by atoms with Gasteiger partial charge in [-0.1, -0.05) is 102 Å². The van der Waals surface area contributed by atoms with Crippen LogP contribution in [0.15, 0.2) is 85.2 Å². The lowest BCUT2D eigenvalue weighted by Gasteiger charge is -2.36. The van der Waals surface area contributed by atoms with E-state index in [0.717, 1.165) is 46.6 Å². The fraction of sp³-hybridized carbons (Fsp3) is 0.419. The first-order valence-corrected chi connectivity index (χ1v) is 18.8. The molecule has 0 unspecified atom stereocenters. The van der Waals surface area contributed by atoms with E-state index in [1.807, 2.05) is 60.7 Å². The Morgan fingerprint density at radius 1 is 0.887 bits per heavy atom. The van der Waals surface area contributed by atoms with E-state index in [1.165, 1.54) is 30.6 Å². The van der Waals surface area contributed by atoms with E-state index in [4.69, 9.17) is 10.5 Å². The highest BCUT2D eigenvalue weighted by molar-refractivity contribution is 5.97. The summed E-state index contributed by atoms with van der Waals surface area (Å²) < 4.78 is 5.90. The third kappa shape index (κ3) is 10.7. The van der Waals surface area contributed by atoms with Gasteiger partial charge in [0.1, 0.15) is 11.8 Å². The van der Waals surface area contributed by atoms with E-state index >= 15 is 0 Å². The predicted molar refractivity (Wildman–Crippen MR) is 208 cm³/mol. The Hall–Kier alpha value is -5.09. The Morgan fingerprint density at radius 3 is 2.15 bits per heavy atom. The molecule has 1 aromatic heterocycles. The quantitative estimate of drug-likeness (QED) is 0.111. The average Bonchev–Trinajstić information content (AvgIpc) is 3.16. The van der Waals surface area contributed by atoms with E-state index in [2.05, 4.69) is 43.0 Å². The molecule has 3 aromatic carbocycles. The summed E-state index contributed by atoms with van der Waals surface area (Å²) in [6.45, 7) is 9.55. The van der Waals surface area contributed by atoms with Crippen molar-refractivity contribution in [1.29, 1.82) is 0 Å². The second kappa shape index (κ2) is 18.1. The number of aliphatic carboxylic acids is 1. The molecule has 1 aliphatic heterocycles. The SMILES string of the molecule is CCCCCCCOc1ccc(-c2cnc(-c3ccc(C[C@H](NC(=O)c4ccc(C(C)(C)C)cc4)C(=O)N4CC[C@H](N)[C@@H](C(=O)O)C4)cc3)nc2)cc1. The van der Waals surface area contributed by atoms with Crippen molar-refractivity contribution < 1.29 is 24.2 Å². The number of amides is 2. The second-order valence-electron chi connectivity index (χ2n) is 15.0. The number of aromatic nitrogens is 2. The van der Waals surface area contributed by atoms with Crippen LogP contribution in [-0.4, -0.2) is 69.5 Å². The lowest BCUT2D eigenvalue weighted by Crippen LogP contribution is -2.57. The Balaban J connectivity index is 1.25. The minimum absolute atomic E-state index is 0.00856. The van der Waals surface area contributed by atoms with Crippen LogP contribution in [-0.2, 0) is 21.4 Å². The molecule has 0 bridgehead atoms. The van der Waals surface area contributed by atoms with Crippen LogP contribution >= 0.6 is 0 Å². The number of benzene rings is 3. The number of rotatable bonds is 15. The van der Waals surface area contributed by atoms with Crippen LogP contribution in [0, 0.1) is 5.92 Å². The number of likely N-dealkylation sites (tertiary alicyclic amines) is 1. The van der Waals surface area contributed by atoms with E-state index in [1.54, 1.807) is 24.5 Å². The molecular weight excluding hydrogens is 667 g/mol. The zero-order valence-electron chi connectivity index (χ0n) is 31.4. The number of ether oxygens (including phenoxy) is 1. The summed E-state index contributed by atoms with van der Waals surface area (Å²) in [6.07, 6.45) is 10.2. The molecular formula is C43H53N5O5. The van der Waals surface area contributed by atoms with Gasteiger partial charge < -0.3 is 25.8 Å². The molecule has 2 heterocycles. The number of carboxylic acid groups (broad SMARTS) is 1. The van der Waals surface area contributed by atoms with Gasteiger partial charge in [-0.05, 0) is 59.2 Å². The molecule has 0 radical (unpaired) electrons. The number of nitrogens with zero attached hydrogens (tertiary/aromatic N) is 3. The third-order valence-electron chi connectivity index (χ3n) is 9.92. The molecule has 1 saturated heterocycles. The minimum atomic E-state index is -1.04. The highest BCUT2D eigenvalue weighted by Gasteiger charge is 2.36. The fourth-order valence-electron chi connectivity index (χ4n) is 6.51. The van der Waals surface area contributed by atoms with Gasteiger partial charge in [0.2, 0.25) is 5.91 Å². The molecule has 0 aliphatic carbocycles. The van der Waals surface area contributed by atoms with Crippen LogP contribution in [0.25, 0.3) is 22.5 Å². The molecule has 5 rings (SSSR count). The number of unbranched alkanes of at least 4 members (excludes halogenated alkanes) is 4. The average molecular weight is 720 g/mol. The zero-order chi connectivity index (χ0) is 38.0. The number of hydrogen-bond acceptors (Lipinski definition) is 7. The van der Waals surface area contributed by atoms with Gasteiger partial charge in [0, 0.05) is 54.6 Å². The maximum atomic E-state index is 13.9. The summed E-state index contributed by atoms with van der Waals surface area (Å²) in [5, 5.41) is 12.6. The maximum Gasteiger partial charge on any atom is 0.309 e. The molecule has 2 amide bonds. The van der Waals surface area contributed by atoms with Gasteiger partial charge in [-0.2, -0.15) is 0 Å². The van der Waals surface area contributed by atoms with E-state index in [9.17, 15) is 19.5 Å². The Kier molecular flexibility index (Phi) is 13.4. The Bertz CT molecular complexity index is 1800. The lowest BCUT2D eigenvalue weighted by molar-refractivity contribution is -0.147. The summed E-state index contributed by atoms with van der Waals surface area (Å²) in [4.78, 5) is 50.0. The van der Waals surface area contributed by atoms with Crippen LogP contribution in [0.3, 0.4) is 0 Å². The van der Waals surface area contributed by atoms with Gasteiger partial charge in [0.15, 0.2) is 5.82 Å². The van der Waals surface area contributed by atoms with Gasteiger partial charge in [0.05, 0.1) is 12.5 Å². The number of carboxylic acids is 1. The third-order valence-corrected chi connectivity index (χ3v) is 9.92. The van der Waals surface area contributed by atoms with Crippen molar-refractivity contribution in [2.24, 2.45) is 11.7 Å². The number of carbonyl (C=O) groups excluding carboxylic acids is 2. The van der Waals surface area contributed by atoms with Crippen LogP contribution < -0.4 is 15.8 Å². The maximum absolute atomic E-state index is 13.9. The predicted octanol–water partition coefficient (Wildman–Crippen LogP) is 7.06.